The van der Waals surface area contributed by atoms with E-state index in [0.29, 0.717) is 11.1 Å². The van der Waals surface area contributed by atoms with Crippen molar-refractivity contribution in [2.24, 2.45) is 0 Å². The molecule has 0 atom stereocenters. The Hall–Kier alpha value is -3.34. The topological polar surface area (TPSA) is 132 Å². The lowest BCUT2D eigenvalue weighted by Gasteiger charge is -2.23. The SMILES string of the molecule is CNNC(=O)N(C)NC(=O)N(C)NC(=O)OCc1ccc(C(C)=O)cc1. The van der Waals surface area contributed by atoms with Crippen LogP contribution < -0.4 is 21.7 Å². The molecule has 0 radical (unpaired) electrons. The minimum atomic E-state index is -0.861. The number of hydrogen-bond acceptors (Lipinski definition) is 6. The fourth-order valence-corrected chi connectivity index (χ4v) is 1.66. The zero-order valence-corrected chi connectivity index (χ0v) is 15.0. The van der Waals surface area contributed by atoms with Crippen LogP contribution in [0.3, 0.4) is 0 Å². The number of ether oxygens (including phenoxy) is 1. The lowest BCUT2D eigenvalue weighted by atomic mass is 10.1. The van der Waals surface area contributed by atoms with Crippen LogP contribution in [0.5, 0.6) is 0 Å². The Kier molecular flexibility index (Phi) is 7.83. The third-order valence-corrected chi connectivity index (χ3v) is 3.09. The normalized spacial score (nSPS) is 9.69. The lowest BCUT2D eigenvalue weighted by Crippen LogP contribution is -2.56. The Balaban J connectivity index is 2.42. The first-order chi connectivity index (χ1) is 12.2. The molecule has 0 saturated carbocycles. The number of carbonyl (C=O) groups excluding carboxylic acids is 4. The van der Waals surface area contributed by atoms with Gasteiger partial charge in [0.2, 0.25) is 0 Å². The fraction of sp³-hybridized carbons (Fsp3) is 0.333. The Bertz CT molecular complexity index is 663. The van der Waals surface area contributed by atoms with Crippen molar-refractivity contribution in [1.82, 2.24) is 31.7 Å². The largest absolute Gasteiger partial charge is 0.443 e. The molecule has 5 amide bonds. The van der Waals surface area contributed by atoms with Crippen molar-refractivity contribution in [3.8, 4) is 0 Å². The second-order valence-electron chi connectivity index (χ2n) is 5.16. The van der Waals surface area contributed by atoms with Gasteiger partial charge in [-0.1, -0.05) is 24.3 Å². The molecule has 0 saturated heterocycles. The molecule has 0 heterocycles. The monoisotopic (exact) mass is 366 g/mol. The van der Waals surface area contributed by atoms with Crippen LogP contribution in [0.25, 0.3) is 0 Å². The van der Waals surface area contributed by atoms with Crippen molar-refractivity contribution in [3.63, 3.8) is 0 Å². The van der Waals surface area contributed by atoms with Crippen molar-refractivity contribution < 1.29 is 23.9 Å². The predicted molar refractivity (Wildman–Crippen MR) is 91.4 cm³/mol. The number of urea groups is 2. The Labute approximate surface area is 150 Å². The van der Waals surface area contributed by atoms with Gasteiger partial charge in [0.1, 0.15) is 6.61 Å². The number of hydrazine groups is 3. The van der Waals surface area contributed by atoms with Gasteiger partial charge in [-0.3, -0.25) is 10.2 Å². The molecule has 0 unspecified atom stereocenters. The molecule has 11 nitrogen and oxygen atoms in total. The number of rotatable bonds is 4. The number of ketones is 1. The van der Waals surface area contributed by atoms with Crippen molar-refractivity contribution in [1.29, 1.82) is 0 Å². The number of Topliss-reactive ketones (excluding diaryl/α,β-unsaturated/α-hetero) is 1. The second kappa shape index (κ2) is 9.84. The van der Waals surface area contributed by atoms with Crippen LogP contribution in [0.4, 0.5) is 14.4 Å². The summed E-state index contributed by atoms with van der Waals surface area (Å²) in [5.41, 5.74) is 10.3. The molecular weight excluding hydrogens is 344 g/mol. The van der Waals surface area contributed by atoms with E-state index in [1.165, 1.54) is 28.1 Å². The zero-order chi connectivity index (χ0) is 19.7. The first-order valence-corrected chi connectivity index (χ1v) is 7.52. The van der Waals surface area contributed by atoms with E-state index in [9.17, 15) is 19.2 Å². The molecule has 4 N–H and O–H groups in total. The van der Waals surface area contributed by atoms with Gasteiger partial charge in [0.15, 0.2) is 5.78 Å². The summed E-state index contributed by atoms with van der Waals surface area (Å²) in [7, 11) is 4.09. The standard InChI is InChI=1S/C15H22N6O5/c1-10(22)12-7-5-11(6-8-12)9-26-15(25)19-21(4)14(24)18-20(3)13(23)17-16-2/h5-8,16H,9H2,1-4H3,(H,17,23)(H,18,24)(H,19,25). The molecule has 26 heavy (non-hydrogen) atoms. The van der Waals surface area contributed by atoms with E-state index in [4.69, 9.17) is 4.74 Å². The van der Waals surface area contributed by atoms with Gasteiger partial charge >= 0.3 is 18.2 Å². The van der Waals surface area contributed by atoms with Crippen molar-refractivity contribution in [3.05, 3.63) is 35.4 Å². The van der Waals surface area contributed by atoms with E-state index in [1.54, 1.807) is 24.3 Å². The second-order valence-corrected chi connectivity index (χ2v) is 5.16. The highest BCUT2D eigenvalue weighted by atomic mass is 16.6. The molecule has 1 rings (SSSR count). The summed E-state index contributed by atoms with van der Waals surface area (Å²) in [4.78, 5) is 46.2. The van der Waals surface area contributed by atoms with Crippen LogP contribution in [-0.2, 0) is 11.3 Å². The molecule has 0 aliphatic rings. The predicted octanol–water partition coefficient (Wildman–Crippen LogP) is 0.363. The lowest BCUT2D eigenvalue weighted by molar-refractivity contribution is 0.101. The quantitative estimate of drug-likeness (QED) is 0.449. The number of amides is 5. The van der Waals surface area contributed by atoms with Gasteiger partial charge in [-0.15, -0.1) is 0 Å². The molecule has 0 fully saturated rings. The molecular formula is C15H22N6O5. The van der Waals surface area contributed by atoms with Crippen LogP contribution in [0.1, 0.15) is 22.8 Å². The van der Waals surface area contributed by atoms with Gasteiger partial charge in [0.05, 0.1) is 0 Å². The van der Waals surface area contributed by atoms with E-state index < -0.39 is 18.2 Å². The minimum Gasteiger partial charge on any atom is -0.443 e. The van der Waals surface area contributed by atoms with Crippen LogP contribution in [0.15, 0.2) is 24.3 Å². The van der Waals surface area contributed by atoms with Crippen molar-refractivity contribution >= 4 is 23.9 Å². The van der Waals surface area contributed by atoms with Gasteiger partial charge in [-0.25, -0.2) is 40.7 Å². The molecule has 1 aromatic rings. The maximum atomic E-state index is 11.8. The van der Waals surface area contributed by atoms with E-state index in [2.05, 4.69) is 21.7 Å². The van der Waals surface area contributed by atoms with Gasteiger partial charge in [0, 0.05) is 26.7 Å². The van der Waals surface area contributed by atoms with Gasteiger partial charge in [-0.2, -0.15) is 0 Å². The maximum Gasteiger partial charge on any atom is 0.426 e. The molecule has 0 aromatic heterocycles. The molecule has 0 bridgehead atoms. The van der Waals surface area contributed by atoms with Gasteiger partial charge < -0.3 is 4.74 Å². The van der Waals surface area contributed by atoms with Crippen LogP contribution >= 0.6 is 0 Å². The number of benzene rings is 1. The molecule has 0 aliphatic heterocycles. The van der Waals surface area contributed by atoms with E-state index in [1.807, 2.05) is 0 Å². The molecule has 142 valence electrons. The summed E-state index contributed by atoms with van der Waals surface area (Å²) in [5.74, 6) is -0.0591. The van der Waals surface area contributed by atoms with Crippen molar-refractivity contribution in [2.45, 2.75) is 13.5 Å². The van der Waals surface area contributed by atoms with E-state index in [0.717, 1.165) is 10.0 Å². The number of nitrogens with zero attached hydrogens (tertiary/aromatic N) is 2. The van der Waals surface area contributed by atoms with Gasteiger partial charge in [-0.05, 0) is 12.5 Å². The highest BCUT2D eigenvalue weighted by Crippen LogP contribution is 2.06. The van der Waals surface area contributed by atoms with Crippen molar-refractivity contribution in [2.75, 3.05) is 21.1 Å². The average molecular weight is 366 g/mol. The van der Waals surface area contributed by atoms with Gasteiger partial charge in [0.25, 0.3) is 0 Å². The summed E-state index contributed by atoms with van der Waals surface area (Å²) in [6.07, 6.45) is -0.861. The van der Waals surface area contributed by atoms with Crippen LogP contribution in [0.2, 0.25) is 0 Å². The Morgan fingerprint density at radius 3 is 2.08 bits per heavy atom. The molecule has 0 spiro atoms. The average Bonchev–Trinajstić information content (AvgIpc) is 2.60. The first-order valence-electron chi connectivity index (χ1n) is 7.52. The van der Waals surface area contributed by atoms with Crippen LogP contribution in [-0.4, -0.2) is 55.1 Å². The highest BCUT2D eigenvalue weighted by molar-refractivity contribution is 5.94. The van der Waals surface area contributed by atoms with E-state index in [-0.39, 0.29) is 12.4 Å². The third kappa shape index (κ3) is 6.65. The summed E-state index contributed by atoms with van der Waals surface area (Å²) in [5, 5.41) is 1.71. The summed E-state index contributed by atoms with van der Waals surface area (Å²) >= 11 is 0. The smallest absolute Gasteiger partial charge is 0.426 e. The number of nitrogens with one attached hydrogen (secondary N) is 4. The molecule has 0 aliphatic carbocycles. The number of hydrogen-bond donors (Lipinski definition) is 4. The summed E-state index contributed by atoms with van der Waals surface area (Å²) in [6.45, 7) is 1.42. The van der Waals surface area contributed by atoms with E-state index >= 15 is 0 Å². The minimum absolute atomic E-state index is 0.0377. The first kappa shape index (κ1) is 20.7. The fourth-order valence-electron chi connectivity index (χ4n) is 1.66. The maximum absolute atomic E-state index is 11.8. The number of carbonyl (C=O) groups is 4. The summed E-state index contributed by atoms with van der Waals surface area (Å²) in [6, 6.07) is 5.22. The summed E-state index contributed by atoms with van der Waals surface area (Å²) < 4.78 is 4.98. The molecule has 11 heteroatoms. The third-order valence-electron chi connectivity index (χ3n) is 3.09. The Morgan fingerprint density at radius 1 is 0.962 bits per heavy atom. The zero-order valence-electron chi connectivity index (χ0n) is 15.0. The highest BCUT2D eigenvalue weighted by Gasteiger charge is 2.16. The Morgan fingerprint density at radius 2 is 1.54 bits per heavy atom. The van der Waals surface area contributed by atoms with Crippen LogP contribution in [0, 0.1) is 0 Å². The molecule has 1 aromatic carbocycles.